The number of nitrogens with one attached hydrogen (secondary N) is 3. The number of aliphatic carboxylic acids is 1. The molecule has 1 fully saturated rings. The normalized spacial score (nSPS) is 20.8. The van der Waals surface area contributed by atoms with E-state index in [-0.39, 0.29) is 30.7 Å². The van der Waals surface area contributed by atoms with E-state index < -0.39 is 30.2 Å². The van der Waals surface area contributed by atoms with E-state index in [0.29, 0.717) is 13.1 Å². The average Bonchev–Trinajstić information content (AvgIpc) is 2.94. The van der Waals surface area contributed by atoms with Gasteiger partial charge >= 0.3 is 5.97 Å². The number of nitrogens with zero attached hydrogens (tertiary/aromatic N) is 1. The van der Waals surface area contributed by atoms with Gasteiger partial charge in [-0.15, -0.1) is 0 Å². The van der Waals surface area contributed by atoms with Gasteiger partial charge in [0.2, 0.25) is 11.8 Å². The standard InChI is InChI=1S/C13H20B3N4O5/c1-7(21)2-3-8(13(24)25)17-11(22)4-12(23)20-5-9(18-15)10(6-20)19-16-14/h8-10,18-19H,2-6H2,1H3,(H,17,22)(H,24,25). The van der Waals surface area contributed by atoms with Gasteiger partial charge < -0.3 is 30.6 Å². The highest BCUT2D eigenvalue weighted by Gasteiger charge is 2.34. The van der Waals surface area contributed by atoms with Crippen LogP contribution >= 0.6 is 0 Å². The van der Waals surface area contributed by atoms with Crippen molar-refractivity contribution in [3.05, 3.63) is 0 Å². The van der Waals surface area contributed by atoms with Gasteiger partial charge in [0.25, 0.3) is 0 Å². The molecule has 0 aliphatic carbocycles. The topological polar surface area (TPSA) is 128 Å². The molecule has 1 saturated heterocycles. The lowest BCUT2D eigenvalue weighted by molar-refractivity contribution is -0.143. The van der Waals surface area contributed by atoms with E-state index in [9.17, 15) is 19.2 Å². The Hall–Kier alpha value is -1.81. The van der Waals surface area contributed by atoms with Gasteiger partial charge in [-0.3, -0.25) is 9.59 Å². The van der Waals surface area contributed by atoms with Gasteiger partial charge in [0, 0.05) is 39.3 Å². The Labute approximate surface area is 149 Å². The molecule has 0 bridgehead atoms. The zero-order valence-corrected chi connectivity index (χ0v) is 14.0. The van der Waals surface area contributed by atoms with Crippen LogP contribution in [0.5, 0.6) is 0 Å². The Morgan fingerprint density at radius 3 is 2.44 bits per heavy atom. The molecule has 9 nitrogen and oxygen atoms in total. The third kappa shape index (κ3) is 6.91. The van der Waals surface area contributed by atoms with Crippen molar-refractivity contribution in [2.75, 3.05) is 13.1 Å². The van der Waals surface area contributed by atoms with Crippen molar-refractivity contribution < 1.29 is 24.3 Å². The largest absolute Gasteiger partial charge is 0.480 e. The number of carboxylic acid groups (broad SMARTS) is 1. The minimum atomic E-state index is -1.25. The molecule has 2 amide bonds. The maximum Gasteiger partial charge on any atom is 0.326 e. The first-order chi connectivity index (χ1) is 11.8. The predicted molar refractivity (Wildman–Crippen MR) is 91.8 cm³/mol. The number of carboxylic acids is 1. The molecule has 0 spiro atoms. The van der Waals surface area contributed by atoms with Crippen LogP contribution in [0.25, 0.3) is 0 Å². The minimum absolute atomic E-state index is 0.0220. The molecule has 1 aliphatic heterocycles. The summed E-state index contributed by atoms with van der Waals surface area (Å²) in [5, 5.41) is 16.8. The van der Waals surface area contributed by atoms with E-state index in [4.69, 9.17) is 20.8 Å². The quantitative estimate of drug-likeness (QED) is 0.243. The summed E-state index contributed by atoms with van der Waals surface area (Å²) in [4.78, 5) is 47.7. The molecule has 5 radical (unpaired) electrons. The zero-order chi connectivity index (χ0) is 19.0. The molecular weight excluding hydrogens is 325 g/mol. The molecule has 0 saturated carbocycles. The summed E-state index contributed by atoms with van der Waals surface area (Å²) in [5.74, 6) is -2.59. The number of rotatable bonds is 10. The van der Waals surface area contributed by atoms with Gasteiger partial charge in [-0.25, -0.2) is 4.79 Å². The number of likely N-dealkylation sites (tertiary alicyclic amines) is 1. The van der Waals surface area contributed by atoms with Crippen molar-refractivity contribution in [3.8, 4) is 0 Å². The molecule has 3 atom stereocenters. The molecule has 0 aromatic carbocycles. The number of hydrogen-bond donors (Lipinski definition) is 4. The highest BCUT2D eigenvalue weighted by atomic mass is 16.4. The second kappa shape index (κ2) is 10.2. The van der Waals surface area contributed by atoms with E-state index in [0.717, 1.165) is 0 Å². The fourth-order valence-electron chi connectivity index (χ4n) is 2.57. The summed E-state index contributed by atoms with van der Waals surface area (Å²) in [6, 6.07) is -1.62. The number of amides is 2. The summed E-state index contributed by atoms with van der Waals surface area (Å²) >= 11 is 0. The lowest BCUT2D eigenvalue weighted by atomic mass is 9.66. The predicted octanol–water partition coefficient (Wildman–Crippen LogP) is -3.14. The summed E-state index contributed by atoms with van der Waals surface area (Å²) < 4.78 is 0. The Morgan fingerprint density at radius 2 is 1.92 bits per heavy atom. The summed E-state index contributed by atoms with van der Waals surface area (Å²) in [7, 11) is 12.0. The highest BCUT2D eigenvalue weighted by Crippen LogP contribution is 2.11. The smallest absolute Gasteiger partial charge is 0.326 e. The molecule has 4 N–H and O–H groups in total. The number of hydrogen-bond acceptors (Lipinski definition) is 6. The van der Waals surface area contributed by atoms with Crippen molar-refractivity contribution in [2.24, 2.45) is 0 Å². The number of Topliss-reactive ketones (excluding diaryl/α,β-unsaturated/α-hetero) is 1. The van der Waals surface area contributed by atoms with Crippen molar-refractivity contribution >= 4 is 46.6 Å². The SMILES string of the molecule is [B][B]NC1CN(C(=O)CC(=O)NC(CCC(C)=O)C(=O)O)CC1N[B]. The monoisotopic (exact) mass is 345 g/mol. The second-order valence-corrected chi connectivity index (χ2v) is 5.89. The summed E-state index contributed by atoms with van der Waals surface area (Å²) in [5.41, 5.74) is 0. The molecule has 0 aromatic rings. The Kier molecular flexibility index (Phi) is 8.70. The third-order valence-corrected chi connectivity index (χ3v) is 3.93. The van der Waals surface area contributed by atoms with Crippen molar-refractivity contribution in [3.63, 3.8) is 0 Å². The van der Waals surface area contributed by atoms with Crippen LogP contribution in [0.4, 0.5) is 0 Å². The molecule has 3 unspecified atom stereocenters. The maximum absolute atomic E-state index is 12.2. The van der Waals surface area contributed by atoms with Crippen molar-refractivity contribution in [1.29, 1.82) is 0 Å². The van der Waals surface area contributed by atoms with Gasteiger partial charge in [0.1, 0.15) is 25.6 Å². The van der Waals surface area contributed by atoms with E-state index in [1.807, 2.05) is 0 Å². The molecule has 12 heteroatoms. The van der Waals surface area contributed by atoms with Gasteiger partial charge in [0.05, 0.1) is 0 Å². The summed E-state index contributed by atoms with van der Waals surface area (Å²) in [6.45, 7) is 1.94. The first-order valence-corrected chi connectivity index (χ1v) is 7.83. The van der Waals surface area contributed by atoms with Crippen LogP contribution in [-0.4, -0.2) is 87.8 Å². The Morgan fingerprint density at radius 1 is 1.28 bits per heavy atom. The zero-order valence-electron chi connectivity index (χ0n) is 14.0. The van der Waals surface area contributed by atoms with E-state index in [1.165, 1.54) is 19.1 Å². The van der Waals surface area contributed by atoms with Gasteiger partial charge in [-0.1, -0.05) is 0 Å². The minimum Gasteiger partial charge on any atom is -0.480 e. The molecule has 0 aromatic heterocycles. The van der Waals surface area contributed by atoms with Crippen LogP contribution in [-0.2, 0) is 19.2 Å². The Bertz CT molecular complexity index is 522. The maximum atomic E-state index is 12.2. The van der Waals surface area contributed by atoms with E-state index in [2.05, 4.69) is 15.8 Å². The van der Waals surface area contributed by atoms with Gasteiger partial charge in [0.15, 0.2) is 7.98 Å². The van der Waals surface area contributed by atoms with Crippen LogP contribution in [0.2, 0.25) is 0 Å². The van der Waals surface area contributed by atoms with Crippen LogP contribution < -0.4 is 15.8 Å². The van der Waals surface area contributed by atoms with Crippen LogP contribution in [0.15, 0.2) is 0 Å². The fourth-order valence-corrected chi connectivity index (χ4v) is 2.57. The first-order valence-electron chi connectivity index (χ1n) is 7.83. The van der Waals surface area contributed by atoms with Gasteiger partial charge in [-0.05, 0) is 13.3 Å². The van der Waals surface area contributed by atoms with Gasteiger partial charge in [-0.2, -0.15) is 0 Å². The Balaban J connectivity index is 2.53. The summed E-state index contributed by atoms with van der Waals surface area (Å²) in [6.07, 6.45) is -0.476. The van der Waals surface area contributed by atoms with E-state index >= 15 is 0 Å². The van der Waals surface area contributed by atoms with Crippen molar-refractivity contribution in [1.82, 2.24) is 20.7 Å². The second-order valence-electron chi connectivity index (χ2n) is 5.89. The fraction of sp³-hybridized carbons (Fsp3) is 0.692. The van der Waals surface area contributed by atoms with Crippen LogP contribution in [0.1, 0.15) is 26.2 Å². The van der Waals surface area contributed by atoms with Crippen LogP contribution in [0, 0.1) is 0 Å². The average molecular weight is 345 g/mol. The highest BCUT2D eigenvalue weighted by molar-refractivity contribution is 6.87. The van der Waals surface area contributed by atoms with Crippen molar-refractivity contribution in [2.45, 2.75) is 44.3 Å². The van der Waals surface area contributed by atoms with Crippen LogP contribution in [0.3, 0.4) is 0 Å². The number of carbonyl (C=O) groups excluding carboxylic acids is 3. The third-order valence-electron chi connectivity index (χ3n) is 3.93. The molecule has 1 rings (SSSR count). The lowest BCUT2D eigenvalue weighted by Gasteiger charge is -2.18. The molecular formula is C13H20B3N4O5. The lowest BCUT2D eigenvalue weighted by Crippen LogP contribution is -2.47. The van der Waals surface area contributed by atoms with E-state index in [1.54, 1.807) is 0 Å². The number of ketones is 1. The molecule has 1 heterocycles. The molecule has 131 valence electrons. The molecule has 1 aliphatic rings. The number of carbonyl (C=O) groups is 4. The first kappa shape index (κ1) is 21.2. The molecule has 25 heavy (non-hydrogen) atoms.